The summed E-state index contributed by atoms with van der Waals surface area (Å²) in [4.78, 5) is 18.4. The van der Waals surface area contributed by atoms with Crippen LogP contribution in [-0.2, 0) is 6.42 Å². The lowest BCUT2D eigenvalue weighted by atomic mass is 9.99. The largest absolute Gasteiger partial charge is 0.394 e. The number of aliphatic hydroxyl groups is 2. The van der Waals surface area contributed by atoms with Gasteiger partial charge in [-0.2, -0.15) is 0 Å². The average molecular weight is 457 g/mol. The van der Waals surface area contributed by atoms with Gasteiger partial charge in [-0.3, -0.25) is 9.78 Å². The number of fused-ring (bicyclic) bond motifs is 1. The summed E-state index contributed by atoms with van der Waals surface area (Å²) >= 11 is 2.02. The van der Waals surface area contributed by atoms with Crippen molar-refractivity contribution in [2.24, 2.45) is 0 Å². The minimum absolute atomic E-state index is 0.0500. The van der Waals surface area contributed by atoms with Crippen LogP contribution in [-0.4, -0.2) is 51.8 Å². The summed E-state index contributed by atoms with van der Waals surface area (Å²) in [6.45, 7) is 0.0757. The van der Waals surface area contributed by atoms with E-state index in [9.17, 15) is 14.3 Å². The highest BCUT2D eigenvalue weighted by molar-refractivity contribution is 14.1. The molecule has 0 saturated carbocycles. The number of benzene rings is 1. The van der Waals surface area contributed by atoms with Crippen LogP contribution >= 0.6 is 22.6 Å². The van der Waals surface area contributed by atoms with Crippen molar-refractivity contribution in [2.45, 2.75) is 12.5 Å². The zero-order chi connectivity index (χ0) is 18.0. The van der Waals surface area contributed by atoms with Crippen molar-refractivity contribution < 1.29 is 19.4 Å². The third kappa shape index (κ3) is 3.91. The van der Waals surface area contributed by atoms with Crippen LogP contribution in [0.25, 0.3) is 0 Å². The van der Waals surface area contributed by atoms with Gasteiger partial charge in [0.05, 0.1) is 35.8 Å². The monoisotopic (exact) mass is 457 g/mol. The maximum Gasteiger partial charge on any atom is 0.256 e. The second kappa shape index (κ2) is 7.63. The number of aliphatic hydroxyl groups excluding tert-OH is 2. The van der Waals surface area contributed by atoms with Gasteiger partial charge in [0.1, 0.15) is 5.82 Å². The van der Waals surface area contributed by atoms with Gasteiger partial charge in [0.15, 0.2) is 0 Å². The van der Waals surface area contributed by atoms with Crippen LogP contribution in [0.15, 0.2) is 30.6 Å². The van der Waals surface area contributed by atoms with E-state index in [4.69, 9.17) is 5.11 Å². The van der Waals surface area contributed by atoms with Gasteiger partial charge in [0, 0.05) is 22.9 Å². The Morgan fingerprint density at radius 2 is 2.16 bits per heavy atom. The van der Waals surface area contributed by atoms with E-state index in [1.807, 2.05) is 22.6 Å². The Kier molecular flexibility index (Phi) is 5.50. The topological polar surface area (TPSA) is 85.7 Å². The number of aromatic nitrogens is 1. The molecule has 8 heteroatoms. The first-order chi connectivity index (χ1) is 12.0. The molecule has 25 heavy (non-hydrogen) atoms. The van der Waals surface area contributed by atoms with E-state index in [0.717, 1.165) is 9.13 Å². The number of nitrogens with one attached hydrogen (secondary N) is 1. The predicted octanol–water partition coefficient (Wildman–Crippen LogP) is 1.92. The molecule has 1 aliphatic rings. The van der Waals surface area contributed by atoms with E-state index >= 15 is 0 Å². The third-order valence-electron chi connectivity index (χ3n) is 4.02. The maximum atomic E-state index is 14.1. The van der Waals surface area contributed by atoms with Crippen LogP contribution in [0.5, 0.6) is 0 Å². The minimum Gasteiger partial charge on any atom is -0.394 e. The van der Waals surface area contributed by atoms with Gasteiger partial charge in [-0.25, -0.2) is 4.39 Å². The SMILES string of the molecule is O=C1c2c(cncc2Nc2ccc(I)cc2F)CCN1C[C@H](O)CO. The fraction of sp³-hybridized carbons (Fsp3) is 0.294. The maximum absolute atomic E-state index is 14.1. The number of amides is 1. The van der Waals surface area contributed by atoms with Crippen molar-refractivity contribution in [3.05, 3.63) is 51.1 Å². The lowest BCUT2D eigenvalue weighted by Gasteiger charge is -2.31. The Hall–Kier alpha value is -1.78. The molecule has 1 atom stereocenters. The first kappa shape index (κ1) is 18.0. The van der Waals surface area contributed by atoms with Crippen LogP contribution in [0.4, 0.5) is 15.8 Å². The number of carbonyl (C=O) groups excluding carboxylic acids is 1. The third-order valence-corrected chi connectivity index (χ3v) is 4.69. The van der Waals surface area contributed by atoms with E-state index in [1.165, 1.54) is 17.2 Å². The zero-order valence-electron chi connectivity index (χ0n) is 13.2. The number of anilines is 2. The number of rotatable bonds is 5. The standard InChI is InChI=1S/C17H17FIN3O3/c18-13-5-11(19)1-2-14(13)21-15-7-20-6-10-3-4-22(8-12(24)9-23)17(25)16(10)15/h1-2,5-7,12,21,23-24H,3-4,8-9H2/t12-/m0/s1. The molecule has 6 nitrogen and oxygen atoms in total. The van der Waals surface area contributed by atoms with Crippen molar-refractivity contribution in [1.29, 1.82) is 0 Å². The first-order valence-corrected chi connectivity index (χ1v) is 8.84. The van der Waals surface area contributed by atoms with E-state index in [-0.39, 0.29) is 18.1 Å². The Morgan fingerprint density at radius 1 is 1.36 bits per heavy atom. The van der Waals surface area contributed by atoms with Gasteiger partial charge in [-0.05, 0) is 52.8 Å². The zero-order valence-corrected chi connectivity index (χ0v) is 15.4. The summed E-state index contributed by atoms with van der Waals surface area (Å²) in [7, 11) is 0. The second-order valence-electron chi connectivity index (χ2n) is 5.81. The van der Waals surface area contributed by atoms with Crippen molar-refractivity contribution in [2.75, 3.05) is 25.0 Å². The lowest BCUT2D eigenvalue weighted by Crippen LogP contribution is -2.43. The molecule has 0 radical (unpaired) electrons. The fourth-order valence-corrected chi connectivity index (χ4v) is 3.23. The van der Waals surface area contributed by atoms with E-state index in [2.05, 4.69) is 10.3 Å². The van der Waals surface area contributed by atoms with Crippen LogP contribution in [0.3, 0.4) is 0 Å². The number of β-amino-alcohol motifs (C(OH)–C–C–N with tert-alkyl or cyclic N) is 1. The van der Waals surface area contributed by atoms with Crippen LogP contribution in [0.1, 0.15) is 15.9 Å². The molecule has 2 aromatic rings. The van der Waals surface area contributed by atoms with Crippen molar-refractivity contribution >= 4 is 39.9 Å². The molecule has 0 spiro atoms. The Labute approximate surface area is 157 Å². The van der Waals surface area contributed by atoms with E-state index in [0.29, 0.717) is 24.2 Å². The first-order valence-electron chi connectivity index (χ1n) is 7.76. The Bertz CT molecular complexity index is 803. The number of carbonyl (C=O) groups is 1. The number of hydrogen-bond acceptors (Lipinski definition) is 5. The lowest BCUT2D eigenvalue weighted by molar-refractivity contribution is 0.0445. The highest BCUT2D eigenvalue weighted by Gasteiger charge is 2.28. The van der Waals surface area contributed by atoms with Gasteiger partial charge in [-0.1, -0.05) is 0 Å². The summed E-state index contributed by atoms with van der Waals surface area (Å²) in [5.41, 5.74) is 1.88. The number of nitrogens with zero attached hydrogens (tertiary/aromatic N) is 2. The summed E-state index contributed by atoms with van der Waals surface area (Å²) in [6.07, 6.45) is 2.71. The highest BCUT2D eigenvalue weighted by Crippen LogP contribution is 2.29. The molecule has 1 amide bonds. The van der Waals surface area contributed by atoms with Gasteiger partial charge in [0.2, 0.25) is 0 Å². The fourth-order valence-electron chi connectivity index (χ4n) is 2.78. The summed E-state index contributed by atoms with van der Waals surface area (Å²) in [6, 6.07) is 4.77. The van der Waals surface area contributed by atoms with E-state index in [1.54, 1.807) is 18.3 Å². The molecule has 0 saturated heterocycles. The van der Waals surface area contributed by atoms with Crippen molar-refractivity contribution in [3.8, 4) is 0 Å². The summed E-state index contributed by atoms with van der Waals surface area (Å²) in [5.74, 6) is -0.690. The molecule has 2 heterocycles. The smallest absolute Gasteiger partial charge is 0.256 e. The quantitative estimate of drug-likeness (QED) is 0.598. The molecule has 0 fully saturated rings. The number of halogens is 2. The van der Waals surface area contributed by atoms with E-state index < -0.39 is 18.5 Å². The molecule has 3 N–H and O–H groups in total. The number of pyridine rings is 1. The molecule has 0 unspecified atom stereocenters. The molecule has 3 rings (SSSR count). The van der Waals surface area contributed by atoms with Crippen molar-refractivity contribution in [1.82, 2.24) is 9.88 Å². The molecule has 132 valence electrons. The molecule has 1 aromatic heterocycles. The Morgan fingerprint density at radius 3 is 2.88 bits per heavy atom. The normalized spacial score (nSPS) is 15.0. The van der Waals surface area contributed by atoms with Gasteiger partial charge in [0.25, 0.3) is 5.91 Å². The highest BCUT2D eigenvalue weighted by atomic mass is 127. The van der Waals surface area contributed by atoms with Crippen molar-refractivity contribution in [3.63, 3.8) is 0 Å². The second-order valence-corrected chi connectivity index (χ2v) is 7.05. The predicted molar refractivity (Wildman–Crippen MR) is 99.3 cm³/mol. The molecule has 1 aromatic carbocycles. The Balaban J connectivity index is 1.92. The van der Waals surface area contributed by atoms with Gasteiger partial charge >= 0.3 is 0 Å². The van der Waals surface area contributed by atoms with Crippen LogP contribution in [0.2, 0.25) is 0 Å². The molecular weight excluding hydrogens is 440 g/mol. The summed E-state index contributed by atoms with van der Waals surface area (Å²) in [5, 5.41) is 21.6. The van der Waals surface area contributed by atoms with Crippen LogP contribution in [0, 0.1) is 9.39 Å². The van der Waals surface area contributed by atoms with Gasteiger partial charge < -0.3 is 20.4 Å². The molecule has 0 aliphatic carbocycles. The number of hydrogen-bond donors (Lipinski definition) is 3. The molecular formula is C17H17FIN3O3. The summed E-state index contributed by atoms with van der Waals surface area (Å²) < 4.78 is 14.9. The van der Waals surface area contributed by atoms with Gasteiger partial charge in [-0.15, -0.1) is 0 Å². The van der Waals surface area contributed by atoms with Crippen LogP contribution < -0.4 is 5.32 Å². The molecule has 1 aliphatic heterocycles. The minimum atomic E-state index is -0.989. The average Bonchev–Trinajstić information content (AvgIpc) is 2.59. The molecule has 0 bridgehead atoms.